The van der Waals surface area contributed by atoms with Gasteiger partial charge in [-0.2, -0.15) is 0 Å². The molecule has 1 aromatic rings. The van der Waals surface area contributed by atoms with Crippen molar-refractivity contribution in [2.24, 2.45) is 4.99 Å². The van der Waals surface area contributed by atoms with Gasteiger partial charge in [0.25, 0.3) is 0 Å². The van der Waals surface area contributed by atoms with E-state index in [0.29, 0.717) is 16.6 Å². The summed E-state index contributed by atoms with van der Waals surface area (Å²) in [6, 6.07) is 0. The molecule has 6 nitrogen and oxygen atoms in total. The predicted octanol–water partition coefficient (Wildman–Crippen LogP) is 3.96. The largest absolute Gasteiger partial charge is 0.480 e. The summed E-state index contributed by atoms with van der Waals surface area (Å²) in [5.74, 6) is -0.916. The minimum atomic E-state index is -1.03. The first-order chi connectivity index (χ1) is 11.7. The van der Waals surface area contributed by atoms with Crippen LogP contribution < -0.4 is 0 Å². The van der Waals surface area contributed by atoms with Gasteiger partial charge in [-0.25, -0.2) is 0 Å². The molecule has 2 heterocycles. The lowest BCUT2D eigenvalue weighted by Gasteiger charge is -2.19. The van der Waals surface area contributed by atoms with E-state index >= 15 is 0 Å². The van der Waals surface area contributed by atoms with Crippen LogP contribution in [-0.2, 0) is 4.79 Å². The Kier molecular flexibility index (Phi) is 5.79. The number of aromatic nitrogens is 3. The number of aliphatic imine (C=N–C) groups is 1. The van der Waals surface area contributed by atoms with Crippen LogP contribution in [0, 0.1) is 0 Å². The molecular weight excluding hydrogens is 336 g/mol. The Morgan fingerprint density at radius 3 is 2.76 bits per heavy atom. The Balaban J connectivity index is 2.48. The molecule has 0 fully saturated rings. The van der Waals surface area contributed by atoms with Gasteiger partial charge in [-0.15, -0.1) is 10.2 Å². The molecule has 0 spiro atoms. The van der Waals surface area contributed by atoms with Crippen molar-refractivity contribution in [2.75, 3.05) is 0 Å². The molecule has 25 heavy (non-hydrogen) atoms. The molecule has 0 unspecified atom stereocenters. The second-order valence-electron chi connectivity index (χ2n) is 6.27. The van der Waals surface area contributed by atoms with Gasteiger partial charge in [-0.1, -0.05) is 36.1 Å². The van der Waals surface area contributed by atoms with E-state index in [4.69, 9.17) is 0 Å². The van der Waals surface area contributed by atoms with Crippen LogP contribution in [-0.4, -0.2) is 36.3 Å². The van der Waals surface area contributed by atoms with Crippen LogP contribution in [0.2, 0.25) is 0 Å². The lowest BCUT2D eigenvalue weighted by Crippen LogP contribution is -2.27. The second-order valence-corrected chi connectivity index (χ2v) is 7.86. The summed E-state index contributed by atoms with van der Waals surface area (Å²) < 4.78 is 0.694. The van der Waals surface area contributed by atoms with E-state index in [-0.39, 0.29) is 0 Å². The van der Waals surface area contributed by atoms with Crippen molar-refractivity contribution in [3.63, 3.8) is 0 Å². The molecule has 1 aliphatic rings. The van der Waals surface area contributed by atoms with Crippen molar-refractivity contribution in [1.82, 2.24) is 14.8 Å². The molecule has 132 valence electrons. The number of carboxylic acid groups (broad SMARTS) is 1. The zero-order valence-electron chi connectivity index (χ0n) is 14.9. The molecule has 0 atom stereocenters. The van der Waals surface area contributed by atoms with E-state index in [1.54, 1.807) is 24.7 Å². The van der Waals surface area contributed by atoms with Crippen molar-refractivity contribution in [2.45, 2.75) is 44.0 Å². The van der Waals surface area contributed by atoms with Gasteiger partial charge in [0.2, 0.25) is 0 Å². The summed E-state index contributed by atoms with van der Waals surface area (Å²) in [7, 11) is 0. The molecule has 7 heteroatoms. The van der Waals surface area contributed by atoms with Crippen molar-refractivity contribution in [1.29, 1.82) is 0 Å². The molecule has 0 aliphatic carbocycles. The number of carbonyl (C=O) groups is 1. The number of hydrogen-bond acceptors (Lipinski definition) is 5. The highest BCUT2D eigenvalue weighted by molar-refractivity contribution is 8.01. The summed E-state index contributed by atoms with van der Waals surface area (Å²) in [5.41, 5.74) is 3.30. The fraction of sp³-hybridized carbons (Fsp3) is 0.333. The number of allylic oxidation sites excluding steroid dienone is 6. The smallest absolute Gasteiger partial charge is 0.319 e. The Hall–Kier alpha value is -2.41. The standard InChI is InChI=1S/C18H22N4O2S/c1-12-7-6-8-13(2)20-14(3)15(10-9-12)22-11-19-21-17(22)25-18(4,5)16(23)24/h6,8-11H,3,7H2,1-2,4-5H3,(H,23,24)/b8-6-,12-9-,15-10?,20-13?. The molecule has 0 saturated heterocycles. The molecule has 0 aromatic carbocycles. The van der Waals surface area contributed by atoms with Gasteiger partial charge in [0.1, 0.15) is 11.1 Å². The SMILES string of the molecule is C=C1N=C(C)/C=C\C/C(C)=C\C=C1n1cnnc1SC(C)(C)C(=O)O. The second kappa shape index (κ2) is 7.65. The van der Waals surface area contributed by atoms with Crippen LogP contribution in [0.4, 0.5) is 0 Å². The summed E-state index contributed by atoms with van der Waals surface area (Å²) in [6.07, 6.45) is 10.3. The Labute approximate surface area is 151 Å². The maximum absolute atomic E-state index is 11.4. The molecule has 0 amide bonds. The molecule has 2 rings (SSSR count). The summed E-state index contributed by atoms with van der Waals surface area (Å²) in [4.78, 5) is 15.9. The van der Waals surface area contributed by atoms with E-state index in [9.17, 15) is 9.90 Å². The third-order valence-electron chi connectivity index (χ3n) is 3.57. The number of hydrogen-bond donors (Lipinski definition) is 1. The van der Waals surface area contributed by atoms with Crippen LogP contribution in [0.15, 0.2) is 58.6 Å². The highest BCUT2D eigenvalue weighted by Crippen LogP contribution is 2.33. The van der Waals surface area contributed by atoms with E-state index < -0.39 is 10.7 Å². The van der Waals surface area contributed by atoms with Gasteiger partial charge >= 0.3 is 5.97 Å². The lowest BCUT2D eigenvalue weighted by atomic mass is 10.1. The molecule has 1 N–H and O–H groups in total. The minimum absolute atomic E-state index is 0.478. The van der Waals surface area contributed by atoms with Crippen LogP contribution >= 0.6 is 11.8 Å². The summed E-state index contributed by atoms with van der Waals surface area (Å²) in [6.45, 7) is 11.3. The summed E-state index contributed by atoms with van der Waals surface area (Å²) >= 11 is 1.13. The van der Waals surface area contributed by atoms with E-state index in [1.807, 2.05) is 32.1 Å². The van der Waals surface area contributed by atoms with Crippen molar-refractivity contribution in [3.8, 4) is 0 Å². The fourth-order valence-electron chi connectivity index (χ4n) is 2.06. The van der Waals surface area contributed by atoms with Crippen LogP contribution in [0.5, 0.6) is 0 Å². The van der Waals surface area contributed by atoms with Gasteiger partial charge in [0, 0.05) is 5.71 Å². The van der Waals surface area contributed by atoms with E-state index in [2.05, 4.69) is 27.8 Å². The van der Waals surface area contributed by atoms with Gasteiger partial charge in [0.15, 0.2) is 5.16 Å². The number of rotatable bonds is 4. The normalized spacial score (nSPS) is 19.5. The maximum Gasteiger partial charge on any atom is 0.319 e. The third-order valence-corrected chi connectivity index (χ3v) is 4.71. The monoisotopic (exact) mass is 358 g/mol. The van der Waals surface area contributed by atoms with E-state index in [0.717, 1.165) is 23.9 Å². The first-order valence-electron chi connectivity index (χ1n) is 7.82. The number of aliphatic carboxylic acids is 1. The van der Waals surface area contributed by atoms with Crippen molar-refractivity contribution in [3.05, 3.63) is 48.5 Å². The average Bonchev–Trinajstić information content (AvgIpc) is 2.94. The average molecular weight is 358 g/mol. The van der Waals surface area contributed by atoms with Crippen LogP contribution in [0.1, 0.15) is 34.1 Å². The highest BCUT2D eigenvalue weighted by Gasteiger charge is 2.31. The molecule has 0 bridgehead atoms. The van der Waals surface area contributed by atoms with Gasteiger partial charge in [-0.3, -0.25) is 14.4 Å². The minimum Gasteiger partial charge on any atom is -0.480 e. The summed E-state index contributed by atoms with van der Waals surface area (Å²) in [5, 5.41) is 17.9. The highest BCUT2D eigenvalue weighted by atomic mass is 32.2. The zero-order chi connectivity index (χ0) is 18.6. The molecule has 1 aliphatic heterocycles. The van der Waals surface area contributed by atoms with Gasteiger partial charge in [0.05, 0.1) is 11.4 Å². The molecule has 1 aromatic heterocycles. The number of carboxylic acids is 1. The first-order valence-corrected chi connectivity index (χ1v) is 8.63. The van der Waals surface area contributed by atoms with Crippen LogP contribution in [0.3, 0.4) is 0 Å². The van der Waals surface area contributed by atoms with Crippen molar-refractivity contribution >= 4 is 29.1 Å². The first kappa shape index (κ1) is 18.9. The van der Waals surface area contributed by atoms with Crippen LogP contribution in [0.25, 0.3) is 5.70 Å². The maximum atomic E-state index is 11.4. The van der Waals surface area contributed by atoms with Gasteiger partial charge in [-0.05, 0) is 46.3 Å². The third kappa shape index (κ3) is 4.79. The fourth-order valence-corrected chi connectivity index (χ4v) is 2.93. The topological polar surface area (TPSA) is 80.4 Å². The number of nitrogens with zero attached hydrogens (tertiary/aromatic N) is 4. The quantitative estimate of drug-likeness (QED) is 0.824. The zero-order valence-corrected chi connectivity index (χ0v) is 15.7. The Bertz CT molecular complexity index is 813. The molecule has 0 saturated carbocycles. The Morgan fingerprint density at radius 1 is 1.36 bits per heavy atom. The Morgan fingerprint density at radius 2 is 2.08 bits per heavy atom. The molecule has 0 radical (unpaired) electrons. The van der Waals surface area contributed by atoms with Gasteiger partial charge < -0.3 is 5.11 Å². The number of thioether (sulfide) groups is 1. The predicted molar refractivity (Wildman–Crippen MR) is 102 cm³/mol. The van der Waals surface area contributed by atoms with Crippen molar-refractivity contribution < 1.29 is 9.90 Å². The van der Waals surface area contributed by atoms with E-state index in [1.165, 1.54) is 5.57 Å². The lowest BCUT2D eigenvalue weighted by molar-refractivity contribution is -0.138. The molecular formula is C18H22N4O2S.